The highest BCUT2D eigenvalue weighted by Gasteiger charge is 2.36. The Hall–Kier alpha value is -1.09. The maximum Gasteiger partial charge on any atom is 0.128 e. The number of hydrogen-bond acceptors (Lipinski definition) is 3. The summed E-state index contributed by atoms with van der Waals surface area (Å²) in [6.45, 7) is 4.73. The Morgan fingerprint density at radius 2 is 2.00 bits per heavy atom. The Morgan fingerprint density at radius 3 is 2.64 bits per heavy atom. The molecule has 2 atom stereocenters. The molecule has 0 amide bonds. The van der Waals surface area contributed by atoms with E-state index in [1.807, 2.05) is 12.3 Å². The first-order valence-electron chi connectivity index (χ1n) is 5.30. The van der Waals surface area contributed by atoms with Crippen molar-refractivity contribution >= 4 is 5.82 Å². The Kier molecular flexibility index (Phi) is 1.91. The molecule has 3 heterocycles. The summed E-state index contributed by atoms with van der Waals surface area (Å²) in [4.78, 5) is 6.81. The zero-order valence-corrected chi connectivity index (χ0v) is 8.19. The molecule has 14 heavy (non-hydrogen) atoms. The van der Waals surface area contributed by atoms with E-state index in [9.17, 15) is 0 Å². The van der Waals surface area contributed by atoms with E-state index < -0.39 is 0 Å². The van der Waals surface area contributed by atoms with Crippen molar-refractivity contribution in [2.24, 2.45) is 11.8 Å². The smallest absolute Gasteiger partial charge is 0.128 e. The van der Waals surface area contributed by atoms with Crippen LogP contribution >= 0.6 is 0 Å². The van der Waals surface area contributed by atoms with Gasteiger partial charge in [0.2, 0.25) is 0 Å². The third-order valence-electron chi connectivity index (χ3n) is 3.36. The van der Waals surface area contributed by atoms with Gasteiger partial charge in [0.15, 0.2) is 0 Å². The largest absolute Gasteiger partial charge is 0.356 e. The van der Waals surface area contributed by atoms with Gasteiger partial charge in [0.25, 0.3) is 0 Å². The van der Waals surface area contributed by atoms with Gasteiger partial charge in [-0.25, -0.2) is 4.98 Å². The van der Waals surface area contributed by atoms with E-state index in [4.69, 9.17) is 0 Å². The van der Waals surface area contributed by atoms with Crippen molar-refractivity contribution in [3.63, 3.8) is 0 Å². The van der Waals surface area contributed by atoms with Crippen LogP contribution in [0.15, 0.2) is 24.4 Å². The van der Waals surface area contributed by atoms with Crippen LogP contribution in [0.3, 0.4) is 0 Å². The van der Waals surface area contributed by atoms with Crippen LogP contribution in [0.25, 0.3) is 0 Å². The molecule has 0 aromatic carbocycles. The van der Waals surface area contributed by atoms with Crippen LogP contribution in [0, 0.1) is 11.8 Å². The van der Waals surface area contributed by atoms with Gasteiger partial charge in [-0.05, 0) is 24.0 Å². The summed E-state index contributed by atoms with van der Waals surface area (Å²) in [6, 6.07) is 6.14. The standard InChI is InChI=1S/C11H15N3/c1-2-4-13-11(3-1)14-7-9-5-12-6-10(9)8-14/h1-4,9-10,12H,5-8H2/t9-,10+. The second kappa shape index (κ2) is 3.24. The normalized spacial score (nSPS) is 30.7. The zero-order chi connectivity index (χ0) is 9.38. The molecular formula is C11H15N3. The number of fused-ring (bicyclic) bond motifs is 1. The molecule has 74 valence electrons. The number of anilines is 1. The molecule has 0 saturated carbocycles. The average molecular weight is 189 g/mol. The molecule has 2 fully saturated rings. The van der Waals surface area contributed by atoms with Gasteiger partial charge in [0, 0.05) is 32.4 Å². The van der Waals surface area contributed by atoms with Gasteiger partial charge in [0.05, 0.1) is 0 Å². The predicted molar refractivity (Wildman–Crippen MR) is 56.3 cm³/mol. The highest BCUT2D eigenvalue weighted by Crippen LogP contribution is 2.28. The predicted octanol–water partition coefficient (Wildman–Crippen LogP) is 0.737. The summed E-state index contributed by atoms with van der Waals surface area (Å²) < 4.78 is 0. The van der Waals surface area contributed by atoms with Crippen molar-refractivity contribution in [1.29, 1.82) is 0 Å². The van der Waals surface area contributed by atoms with Gasteiger partial charge in [-0.1, -0.05) is 6.07 Å². The first-order chi connectivity index (χ1) is 6.93. The molecule has 3 rings (SSSR count). The van der Waals surface area contributed by atoms with Gasteiger partial charge >= 0.3 is 0 Å². The van der Waals surface area contributed by atoms with Crippen LogP contribution in [0.1, 0.15) is 0 Å². The van der Waals surface area contributed by atoms with Gasteiger partial charge in [0.1, 0.15) is 5.82 Å². The molecule has 3 nitrogen and oxygen atoms in total. The number of hydrogen-bond donors (Lipinski definition) is 1. The molecule has 0 spiro atoms. The fourth-order valence-electron chi connectivity index (χ4n) is 2.58. The quantitative estimate of drug-likeness (QED) is 0.706. The number of nitrogens with zero attached hydrogens (tertiary/aromatic N) is 2. The number of pyridine rings is 1. The van der Waals surface area contributed by atoms with E-state index in [-0.39, 0.29) is 0 Å². The lowest BCUT2D eigenvalue weighted by molar-refractivity contribution is 0.533. The van der Waals surface area contributed by atoms with E-state index in [0.29, 0.717) is 0 Å². The Bertz CT molecular complexity index is 300. The monoisotopic (exact) mass is 189 g/mol. The summed E-state index contributed by atoms with van der Waals surface area (Å²) in [6.07, 6.45) is 1.88. The second-order valence-electron chi connectivity index (χ2n) is 4.27. The van der Waals surface area contributed by atoms with Crippen LogP contribution < -0.4 is 10.2 Å². The molecule has 2 aliphatic heterocycles. The van der Waals surface area contributed by atoms with E-state index in [1.54, 1.807) is 0 Å². The van der Waals surface area contributed by atoms with Gasteiger partial charge in [-0.15, -0.1) is 0 Å². The van der Waals surface area contributed by atoms with Crippen molar-refractivity contribution in [3.8, 4) is 0 Å². The SMILES string of the molecule is c1ccc(N2C[C@H]3CNC[C@H]3C2)nc1. The molecule has 0 unspecified atom stereocenters. The molecule has 0 bridgehead atoms. The van der Waals surface area contributed by atoms with Crippen LogP contribution in [-0.2, 0) is 0 Å². The Balaban J connectivity index is 1.77. The summed E-state index contributed by atoms with van der Waals surface area (Å²) in [5.74, 6) is 2.83. The van der Waals surface area contributed by atoms with Crippen LogP contribution in [-0.4, -0.2) is 31.2 Å². The minimum absolute atomic E-state index is 0.844. The highest BCUT2D eigenvalue weighted by molar-refractivity contribution is 5.39. The molecule has 1 aromatic heterocycles. The van der Waals surface area contributed by atoms with Crippen molar-refractivity contribution in [2.75, 3.05) is 31.1 Å². The molecule has 2 aliphatic rings. The van der Waals surface area contributed by atoms with Gasteiger partial charge in [-0.3, -0.25) is 0 Å². The molecular weight excluding hydrogens is 174 g/mol. The number of nitrogens with one attached hydrogen (secondary N) is 1. The molecule has 0 aliphatic carbocycles. The molecule has 2 saturated heterocycles. The second-order valence-corrected chi connectivity index (χ2v) is 4.27. The van der Waals surface area contributed by atoms with E-state index in [2.05, 4.69) is 27.3 Å². The van der Waals surface area contributed by atoms with Crippen LogP contribution in [0.2, 0.25) is 0 Å². The fraction of sp³-hybridized carbons (Fsp3) is 0.545. The van der Waals surface area contributed by atoms with Crippen LogP contribution in [0.5, 0.6) is 0 Å². The number of aromatic nitrogens is 1. The summed E-state index contributed by atoms with van der Waals surface area (Å²) >= 11 is 0. The molecule has 1 N–H and O–H groups in total. The Labute approximate surface area is 84.1 Å². The third-order valence-corrected chi connectivity index (χ3v) is 3.36. The van der Waals surface area contributed by atoms with Crippen molar-refractivity contribution in [1.82, 2.24) is 10.3 Å². The lowest BCUT2D eigenvalue weighted by Gasteiger charge is -2.17. The van der Waals surface area contributed by atoms with Gasteiger partial charge < -0.3 is 10.2 Å². The maximum atomic E-state index is 4.39. The first-order valence-corrected chi connectivity index (χ1v) is 5.30. The highest BCUT2D eigenvalue weighted by atomic mass is 15.2. The maximum absolute atomic E-state index is 4.39. The minimum atomic E-state index is 0.844. The lowest BCUT2D eigenvalue weighted by atomic mass is 10.0. The molecule has 3 heteroatoms. The van der Waals surface area contributed by atoms with E-state index in [1.165, 1.54) is 26.2 Å². The summed E-state index contributed by atoms with van der Waals surface area (Å²) in [5.41, 5.74) is 0. The van der Waals surface area contributed by atoms with Gasteiger partial charge in [-0.2, -0.15) is 0 Å². The number of rotatable bonds is 1. The van der Waals surface area contributed by atoms with Crippen molar-refractivity contribution in [2.45, 2.75) is 0 Å². The molecule has 1 aromatic rings. The third kappa shape index (κ3) is 1.28. The Morgan fingerprint density at radius 1 is 1.21 bits per heavy atom. The van der Waals surface area contributed by atoms with Crippen molar-refractivity contribution < 1.29 is 0 Å². The minimum Gasteiger partial charge on any atom is -0.356 e. The fourth-order valence-corrected chi connectivity index (χ4v) is 2.58. The van der Waals surface area contributed by atoms with E-state index >= 15 is 0 Å². The van der Waals surface area contributed by atoms with E-state index in [0.717, 1.165) is 17.7 Å². The lowest BCUT2D eigenvalue weighted by Crippen LogP contribution is -2.25. The average Bonchev–Trinajstić information content (AvgIpc) is 2.78. The summed E-state index contributed by atoms with van der Waals surface area (Å²) in [5, 5.41) is 3.45. The summed E-state index contributed by atoms with van der Waals surface area (Å²) in [7, 11) is 0. The first kappa shape index (κ1) is 8.24. The molecule has 0 radical (unpaired) electrons. The van der Waals surface area contributed by atoms with Crippen LogP contribution in [0.4, 0.5) is 5.82 Å². The zero-order valence-electron chi connectivity index (χ0n) is 8.19. The topological polar surface area (TPSA) is 28.2 Å². The van der Waals surface area contributed by atoms with Crippen molar-refractivity contribution in [3.05, 3.63) is 24.4 Å².